The number of thiophene rings is 1. The van der Waals surface area contributed by atoms with E-state index in [1.54, 1.807) is 46.3 Å². The standard InChI is InChI=1S/C18H26N4O4S/c1-6-22-11-19-9-12(22)10-20-13-8-14(16(23)25-7-2)27-15(13)21-17(24)26-18(3,4)5/h8-9,11,20H,6-7,10H2,1-5H3,(H,21,24). The lowest BCUT2D eigenvalue weighted by atomic mass is 10.2. The van der Waals surface area contributed by atoms with Gasteiger partial charge in [0.15, 0.2) is 0 Å². The van der Waals surface area contributed by atoms with Gasteiger partial charge in [-0.1, -0.05) is 0 Å². The molecule has 0 atom stereocenters. The fourth-order valence-corrected chi connectivity index (χ4v) is 3.19. The van der Waals surface area contributed by atoms with Gasteiger partial charge >= 0.3 is 12.1 Å². The summed E-state index contributed by atoms with van der Waals surface area (Å²) in [7, 11) is 0. The first-order chi connectivity index (χ1) is 12.7. The van der Waals surface area contributed by atoms with E-state index in [4.69, 9.17) is 9.47 Å². The van der Waals surface area contributed by atoms with Crippen LogP contribution in [0.1, 0.15) is 50.0 Å². The lowest BCUT2D eigenvalue weighted by molar-refractivity contribution is 0.0531. The van der Waals surface area contributed by atoms with Crippen LogP contribution in [0.4, 0.5) is 15.5 Å². The van der Waals surface area contributed by atoms with Crippen molar-refractivity contribution in [3.8, 4) is 0 Å². The average Bonchev–Trinajstić information content (AvgIpc) is 3.17. The molecule has 1 amide bonds. The Labute approximate surface area is 162 Å². The van der Waals surface area contributed by atoms with Gasteiger partial charge in [0.1, 0.15) is 15.5 Å². The van der Waals surface area contributed by atoms with Gasteiger partial charge in [0.2, 0.25) is 0 Å². The number of nitrogens with one attached hydrogen (secondary N) is 2. The summed E-state index contributed by atoms with van der Waals surface area (Å²) in [5, 5.41) is 6.45. The first-order valence-corrected chi connectivity index (χ1v) is 9.59. The molecule has 0 radical (unpaired) electrons. The Bertz CT molecular complexity index is 792. The quantitative estimate of drug-likeness (QED) is 0.687. The second-order valence-corrected chi connectivity index (χ2v) is 7.78. The van der Waals surface area contributed by atoms with Gasteiger partial charge in [-0.15, -0.1) is 11.3 Å². The molecule has 0 aliphatic carbocycles. The number of carbonyl (C=O) groups excluding carboxylic acids is 2. The second-order valence-electron chi connectivity index (χ2n) is 6.73. The number of carbonyl (C=O) groups is 2. The van der Waals surface area contributed by atoms with Crippen molar-refractivity contribution in [1.29, 1.82) is 0 Å². The molecule has 0 saturated carbocycles. The summed E-state index contributed by atoms with van der Waals surface area (Å²) in [6, 6.07) is 1.67. The normalized spacial score (nSPS) is 11.1. The molecule has 2 aromatic rings. The van der Waals surface area contributed by atoms with Crippen LogP contribution >= 0.6 is 11.3 Å². The molecule has 0 aromatic carbocycles. The Hall–Kier alpha value is -2.55. The van der Waals surface area contributed by atoms with Gasteiger partial charge in [0, 0.05) is 12.7 Å². The molecular formula is C18H26N4O4S. The van der Waals surface area contributed by atoms with Gasteiger partial charge in [-0.05, 0) is 40.7 Å². The van der Waals surface area contributed by atoms with Crippen molar-refractivity contribution in [2.24, 2.45) is 0 Å². The lowest BCUT2D eigenvalue weighted by Gasteiger charge is -2.19. The van der Waals surface area contributed by atoms with Crippen molar-refractivity contribution < 1.29 is 19.1 Å². The predicted octanol–water partition coefficient (Wildman–Crippen LogP) is 4.10. The van der Waals surface area contributed by atoms with Crippen LogP contribution < -0.4 is 10.6 Å². The van der Waals surface area contributed by atoms with Gasteiger partial charge in [-0.3, -0.25) is 5.32 Å². The summed E-state index contributed by atoms with van der Waals surface area (Å²) < 4.78 is 12.4. The number of ether oxygens (including phenoxy) is 2. The smallest absolute Gasteiger partial charge is 0.412 e. The summed E-state index contributed by atoms with van der Waals surface area (Å²) in [4.78, 5) is 28.7. The van der Waals surface area contributed by atoms with E-state index in [2.05, 4.69) is 15.6 Å². The summed E-state index contributed by atoms with van der Waals surface area (Å²) in [6.45, 7) is 10.7. The molecule has 2 aromatic heterocycles. The number of aromatic nitrogens is 2. The molecule has 148 valence electrons. The Morgan fingerprint density at radius 2 is 2.04 bits per heavy atom. The number of aryl methyl sites for hydroxylation is 1. The third-order valence-corrected chi connectivity index (χ3v) is 4.45. The summed E-state index contributed by atoms with van der Waals surface area (Å²) in [5.41, 5.74) is 0.995. The van der Waals surface area contributed by atoms with E-state index in [0.29, 0.717) is 22.1 Å². The molecule has 0 spiro atoms. The SMILES string of the molecule is CCOC(=O)c1cc(NCc2cncn2CC)c(NC(=O)OC(C)(C)C)s1. The Balaban J connectivity index is 2.19. The molecule has 2 heterocycles. The molecule has 27 heavy (non-hydrogen) atoms. The van der Waals surface area contributed by atoms with Crippen LogP contribution in [-0.2, 0) is 22.6 Å². The molecule has 0 unspecified atom stereocenters. The molecule has 0 fully saturated rings. The van der Waals surface area contributed by atoms with Crippen molar-refractivity contribution in [2.75, 3.05) is 17.2 Å². The van der Waals surface area contributed by atoms with Crippen LogP contribution in [0.3, 0.4) is 0 Å². The van der Waals surface area contributed by atoms with Crippen molar-refractivity contribution in [3.05, 3.63) is 29.2 Å². The van der Waals surface area contributed by atoms with Crippen LogP contribution in [0, 0.1) is 0 Å². The minimum Gasteiger partial charge on any atom is -0.462 e. The number of hydrogen-bond donors (Lipinski definition) is 2. The molecule has 9 heteroatoms. The van der Waals surface area contributed by atoms with Crippen molar-refractivity contribution >= 4 is 34.1 Å². The van der Waals surface area contributed by atoms with Crippen LogP contribution in [0.2, 0.25) is 0 Å². The molecule has 0 saturated heterocycles. The minimum absolute atomic E-state index is 0.282. The number of amides is 1. The minimum atomic E-state index is -0.619. The third kappa shape index (κ3) is 5.99. The highest BCUT2D eigenvalue weighted by Crippen LogP contribution is 2.34. The van der Waals surface area contributed by atoms with E-state index >= 15 is 0 Å². The monoisotopic (exact) mass is 394 g/mol. The number of nitrogens with zero attached hydrogens (tertiary/aromatic N) is 2. The molecule has 0 aliphatic rings. The molecular weight excluding hydrogens is 368 g/mol. The van der Waals surface area contributed by atoms with Gasteiger partial charge in [0.25, 0.3) is 0 Å². The lowest BCUT2D eigenvalue weighted by Crippen LogP contribution is -2.27. The Kier molecular flexibility index (Phi) is 6.84. The number of esters is 1. The zero-order valence-corrected chi connectivity index (χ0v) is 17.1. The maximum atomic E-state index is 12.1. The van der Waals surface area contributed by atoms with Gasteiger partial charge in [-0.25, -0.2) is 14.6 Å². The fourth-order valence-electron chi connectivity index (χ4n) is 2.28. The highest BCUT2D eigenvalue weighted by molar-refractivity contribution is 7.18. The van der Waals surface area contributed by atoms with Gasteiger partial charge in [0.05, 0.1) is 30.9 Å². The Morgan fingerprint density at radius 1 is 1.30 bits per heavy atom. The van der Waals surface area contributed by atoms with Crippen LogP contribution in [0.25, 0.3) is 0 Å². The number of anilines is 2. The van der Waals surface area contributed by atoms with E-state index in [1.807, 2.05) is 11.5 Å². The maximum Gasteiger partial charge on any atom is 0.412 e. The highest BCUT2D eigenvalue weighted by atomic mass is 32.1. The summed E-state index contributed by atoms with van der Waals surface area (Å²) in [5.74, 6) is -0.429. The third-order valence-electron chi connectivity index (χ3n) is 3.42. The first-order valence-electron chi connectivity index (χ1n) is 8.77. The van der Waals surface area contributed by atoms with Gasteiger partial charge < -0.3 is 19.4 Å². The molecule has 8 nitrogen and oxygen atoms in total. The number of hydrogen-bond acceptors (Lipinski definition) is 7. The van der Waals surface area contributed by atoms with Gasteiger partial charge in [-0.2, -0.15) is 0 Å². The van der Waals surface area contributed by atoms with Crippen molar-refractivity contribution in [1.82, 2.24) is 9.55 Å². The van der Waals surface area contributed by atoms with E-state index in [-0.39, 0.29) is 6.61 Å². The topological polar surface area (TPSA) is 94.5 Å². The maximum absolute atomic E-state index is 12.1. The van der Waals surface area contributed by atoms with E-state index < -0.39 is 17.7 Å². The van der Waals surface area contributed by atoms with Crippen molar-refractivity contribution in [2.45, 2.75) is 53.3 Å². The largest absolute Gasteiger partial charge is 0.462 e. The fraction of sp³-hybridized carbons (Fsp3) is 0.500. The molecule has 2 rings (SSSR count). The molecule has 0 bridgehead atoms. The van der Waals surface area contributed by atoms with Crippen LogP contribution in [0.15, 0.2) is 18.6 Å². The number of rotatable bonds is 7. The summed E-state index contributed by atoms with van der Waals surface area (Å²) in [6.07, 6.45) is 2.95. The Morgan fingerprint density at radius 3 is 2.67 bits per heavy atom. The van der Waals surface area contributed by atoms with Crippen LogP contribution in [0.5, 0.6) is 0 Å². The zero-order chi connectivity index (χ0) is 20.0. The molecule has 2 N–H and O–H groups in total. The van der Waals surface area contributed by atoms with E-state index in [1.165, 1.54) is 0 Å². The zero-order valence-electron chi connectivity index (χ0n) is 16.3. The summed E-state index contributed by atoms with van der Waals surface area (Å²) >= 11 is 1.14. The average molecular weight is 394 g/mol. The molecule has 0 aliphatic heterocycles. The predicted molar refractivity (Wildman–Crippen MR) is 105 cm³/mol. The van der Waals surface area contributed by atoms with E-state index in [9.17, 15) is 9.59 Å². The van der Waals surface area contributed by atoms with Crippen molar-refractivity contribution in [3.63, 3.8) is 0 Å². The van der Waals surface area contributed by atoms with E-state index in [0.717, 1.165) is 23.6 Å². The number of imidazole rings is 1. The van der Waals surface area contributed by atoms with Crippen LogP contribution in [-0.4, -0.2) is 33.8 Å². The second kappa shape index (κ2) is 8.90. The first kappa shape index (κ1) is 20.8. The highest BCUT2D eigenvalue weighted by Gasteiger charge is 2.21.